The molecule has 1 atom stereocenters. The highest BCUT2D eigenvalue weighted by Crippen LogP contribution is 2.08. The fourth-order valence-electron chi connectivity index (χ4n) is 0.999. The van der Waals surface area contributed by atoms with Gasteiger partial charge in [0.25, 0.3) is 0 Å². The first-order valence-electron chi connectivity index (χ1n) is 3.72. The van der Waals surface area contributed by atoms with Gasteiger partial charge in [-0.3, -0.25) is 5.21 Å². The minimum Gasteiger partial charge on any atom is -0.350 e. The Morgan fingerprint density at radius 2 is 2.00 bits per heavy atom. The van der Waals surface area contributed by atoms with Gasteiger partial charge in [-0.25, -0.2) is 9.86 Å². The molecule has 0 aliphatic heterocycles. The minimum absolute atomic E-state index is 0.201. The third-order valence-electron chi connectivity index (χ3n) is 1.46. The first-order valence-corrected chi connectivity index (χ1v) is 3.72. The quantitative estimate of drug-likeness (QED) is 0.481. The fraction of sp³-hybridized carbons (Fsp3) is 0.857. The molecule has 0 saturated heterocycles. The van der Waals surface area contributed by atoms with Crippen molar-refractivity contribution in [3.63, 3.8) is 0 Å². The molecule has 11 heavy (non-hydrogen) atoms. The summed E-state index contributed by atoms with van der Waals surface area (Å²) in [6.07, 6.45) is 0.749. The van der Waals surface area contributed by atoms with Crippen molar-refractivity contribution in [1.82, 2.24) is 5.06 Å². The highest BCUT2D eigenvalue weighted by Gasteiger charge is 2.15. The van der Waals surface area contributed by atoms with Crippen LogP contribution in [0.5, 0.6) is 0 Å². The molecule has 0 heterocycles. The zero-order chi connectivity index (χ0) is 9.02. The Labute approximate surface area is 66.9 Å². The van der Waals surface area contributed by atoms with Crippen LogP contribution < -0.4 is 5.73 Å². The molecular weight excluding hydrogens is 144 g/mol. The van der Waals surface area contributed by atoms with E-state index < -0.39 is 6.03 Å². The molecule has 0 fully saturated rings. The van der Waals surface area contributed by atoms with E-state index in [0.29, 0.717) is 11.0 Å². The van der Waals surface area contributed by atoms with E-state index in [9.17, 15) is 4.79 Å². The Bertz CT molecular complexity index is 136. The third kappa shape index (κ3) is 3.83. The van der Waals surface area contributed by atoms with Gasteiger partial charge >= 0.3 is 6.03 Å². The Morgan fingerprint density at radius 1 is 1.55 bits per heavy atom. The number of carbonyl (C=O) groups is 1. The average Bonchev–Trinajstić information content (AvgIpc) is 1.84. The van der Waals surface area contributed by atoms with E-state index in [1.54, 1.807) is 6.92 Å². The van der Waals surface area contributed by atoms with Crippen LogP contribution in [0.25, 0.3) is 0 Å². The second-order valence-electron chi connectivity index (χ2n) is 3.16. The van der Waals surface area contributed by atoms with Gasteiger partial charge in [0.15, 0.2) is 0 Å². The number of rotatable bonds is 3. The number of primary amides is 1. The SMILES string of the molecule is CC(C)CC(C)N(O)C(N)=O. The maximum Gasteiger partial charge on any atom is 0.338 e. The van der Waals surface area contributed by atoms with E-state index in [-0.39, 0.29) is 6.04 Å². The first-order chi connectivity index (χ1) is 4.95. The predicted octanol–water partition coefficient (Wildman–Crippen LogP) is 1.19. The van der Waals surface area contributed by atoms with Gasteiger partial charge in [-0.05, 0) is 19.3 Å². The van der Waals surface area contributed by atoms with Gasteiger partial charge < -0.3 is 5.73 Å². The number of nitrogens with two attached hydrogens (primary N) is 1. The van der Waals surface area contributed by atoms with Crippen molar-refractivity contribution < 1.29 is 10.0 Å². The van der Waals surface area contributed by atoms with E-state index >= 15 is 0 Å². The van der Waals surface area contributed by atoms with E-state index in [1.807, 2.05) is 13.8 Å². The molecule has 4 nitrogen and oxygen atoms in total. The summed E-state index contributed by atoms with van der Waals surface area (Å²) in [6.45, 7) is 5.79. The normalized spacial score (nSPS) is 13.2. The second kappa shape index (κ2) is 4.18. The summed E-state index contributed by atoms with van der Waals surface area (Å²) in [6, 6.07) is -0.995. The first kappa shape index (κ1) is 10.2. The molecule has 2 amide bonds. The number of hydrogen-bond donors (Lipinski definition) is 2. The van der Waals surface area contributed by atoms with Crippen molar-refractivity contribution in [2.75, 3.05) is 0 Å². The third-order valence-corrected chi connectivity index (χ3v) is 1.46. The van der Waals surface area contributed by atoms with Gasteiger partial charge in [0, 0.05) is 0 Å². The molecular formula is C7H16N2O2. The average molecular weight is 160 g/mol. The van der Waals surface area contributed by atoms with E-state index in [4.69, 9.17) is 10.9 Å². The molecule has 0 rings (SSSR count). The zero-order valence-corrected chi connectivity index (χ0v) is 7.24. The van der Waals surface area contributed by atoms with Crippen molar-refractivity contribution in [3.05, 3.63) is 0 Å². The number of hydrogen-bond acceptors (Lipinski definition) is 2. The molecule has 0 bridgehead atoms. The van der Waals surface area contributed by atoms with Gasteiger partial charge in [0.2, 0.25) is 0 Å². The molecule has 0 aliphatic rings. The lowest BCUT2D eigenvalue weighted by Gasteiger charge is -2.21. The van der Waals surface area contributed by atoms with Crippen LogP contribution in [0.15, 0.2) is 0 Å². The highest BCUT2D eigenvalue weighted by molar-refractivity contribution is 5.70. The second-order valence-corrected chi connectivity index (χ2v) is 3.16. The van der Waals surface area contributed by atoms with Crippen molar-refractivity contribution >= 4 is 6.03 Å². The van der Waals surface area contributed by atoms with Gasteiger partial charge in [-0.15, -0.1) is 0 Å². The van der Waals surface area contributed by atoms with Crippen LogP contribution in [0.1, 0.15) is 27.2 Å². The maximum absolute atomic E-state index is 10.4. The monoisotopic (exact) mass is 160 g/mol. The largest absolute Gasteiger partial charge is 0.350 e. The molecule has 0 spiro atoms. The number of carbonyl (C=O) groups excluding carboxylic acids is 1. The van der Waals surface area contributed by atoms with E-state index in [0.717, 1.165) is 6.42 Å². The Balaban J connectivity index is 3.82. The molecule has 66 valence electrons. The summed E-state index contributed by atoms with van der Waals surface area (Å²) in [5.74, 6) is 0.444. The van der Waals surface area contributed by atoms with Crippen LogP contribution in [0.4, 0.5) is 4.79 Å². The van der Waals surface area contributed by atoms with E-state index in [2.05, 4.69) is 0 Å². The summed E-state index contributed by atoms with van der Waals surface area (Å²) in [7, 11) is 0. The molecule has 0 aromatic heterocycles. The maximum atomic E-state index is 10.4. The lowest BCUT2D eigenvalue weighted by molar-refractivity contribution is -0.0742. The van der Waals surface area contributed by atoms with Crippen LogP contribution in [0.3, 0.4) is 0 Å². The standard InChI is InChI=1S/C7H16N2O2/c1-5(2)4-6(3)9(11)7(8)10/h5-6,11H,4H2,1-3H3,(H2,8,10). The summed E-state index contributed by atoms with van der Waals surface area (Å²) in [4.78, 5) is 10.4. The lowest BCUT2D eigenvalue weighted by atomic mass is 10.1. The molecule has 0 saturated carbocycles. The van der Waals surface area contributed by atoms with Crippen LogP contribution in [-0.4, -0.2) is 22.3 Å². The molecule has 3 N–H and O–H groups in total. The van der Waals surface area contributed by atoms with Gasteiger partial charge in [0.1, 0.15) is 0 Å². The topological polar surface area (TPSA) is 66.6 Å². The highest BCUT2D eigenvalue weighted by atomic mass is 16.5. The zero-order valence-electron chi connectivity index (χ0n) is 7.24. The Hall–Kier alpha value is -0.770. The van der Waals surface area contributed by atoms with Crippen molar-refractivity contribution in [1.29, 1.82) is 0 Å². The molecule has 0 radical (unpaired) electrons. The summed E-state index contributed by atoms with van der Waals surface area (Å²) in [5, 5.41) is 9.57. The number of nitrogens with zero attached hydrogens (tertiary/aromatic N) is 1. The number of urea groups is 1. The summed E-state index contributed by atoms with van der Waals surface area (Å²) >= 11 is 0. The molecule has 0 aliphatic carbocycles. The summed E-state index contributed by atoms with van der Waals surface area (Å²) < 4.78 is 0. The van der Waals surface area contributed by atoms with Crippen LogP contribution >= 0.6 is 0 Å². The minimum atomic E-state index is -0.793. The van der Waals surface area contributed by atoms with Gasteiger partial charge in [0.05, 0.1) is 6.04 Å². The van der Waals surface area contributed by atoms with Crippen LogP contribution in [0.2, 0.25) is 0 Å². The smallest absolute Gasteiger partial charge is 0.338 e. The number of amides is 2. The number of hydroxylamine groups is 2. The van der Waals surface area contributed by atoms with Crippen LogP contribution in [0, 0.1) is 5.92 Å². The molecule has 4 heteroatoms. The van der Waals surface area contributed by atoms with Gasteiger partial charge in [-0.1, -0.05) is 13.8 Å². The predicted molar refractivity (Wildman–Crippen MR) is 42.1 cm³/mol. The summed E-state index contributed by atoms with van der Waals surface area (Å²) in [5.41, 5.74) is 4.85. The van der Waals surface area contributed by atoms with Crippen molar-refractivity contribution in [2.45, 2.75) is 33.2 Å². The molecule has 0 aromatic rings. The van der Waals surface area contributed by atoms with Crippen molar-refractivity contribution in [2.24, 2.45) is 11.7 Å². The molecule has 1 unspecified atom stereocenters. The Morgan fingerprint density at radius 3 is 2.27 bits per heavy atom. The molecule has 0 aromatic carbocycles. The Kier molecular flexibility index (Phi) is 3.89. The van der Waals surface area contributed by atoms with Crippen molar-refractivity contribution in [3.8, 4) is 0 Å². The lowest BCUT2D eigenvalue weighted by Crippen LogP contribution is -2.40. The van der Waals surface area contributed by atoms with Gasteiger partial charge in [-0.2, -0.15) is 0 Å². The van der Waals surface area contributed by atoms with E-state index in [1.165, 1.54) is 0 Å². The van der Waals surface area contributed by atoms with Crippen LogP contribution in [-0.2, 0) is 0 Å². The fourth-order valence-corrected chi connectivity index (χ4v) is 0.999.